The highest BCUT2D eigenvalue weighted by atomic mass is 19.4. The highest BCUT2D eigenvalue weighted by Crippen LogP contribution is 2.33. The van der Waals surface area contributed by atoms with Gasteiger partial charge in [-0.2, -0.15) is 13.2 Å². The summed E-state index contributed by atoms with van der Waals surface area (Å²) in [5, 5.41) is 0. The van der Waals surface area contributed by atoms with Crippen molar-refractivity contribution in [2.75, 3.05) is 0 Å². The Labute approximate surface area is 134 Å². The van der Waals surface area contributed by atoms with Crippen LogP contribution in [0.1, 0.15) is 25.0 Å². The molecule has 1 heterocycles. The Bertz CT molecular complexity index is 730. The Morgan fingerprint density at radius 3 is 2.25 bits per heavy atom. The van der Waals surface area contributed by atoms with Crippen molar-refractivity contribution >= 4 is 23.6 Å². The first-order chi connectivity index (χ1) is 11.1. The molecular formula is C15H13F3N2O4. The molecule has 1 aromatic carbocycles. The molecule has 0 N–H and O–H groups in total. The molecular weight excluding hydrogens is 329 g/mol. The van der Waals surface area contributed by atoms with Gasteiger partial charge in [0.15, 0.2) is 5.78 Å². The van der Waals surface area contributed by atoms with Gasteiger partial charge < -0.3 is 0 Å². The number of hydrogen-bond donors (Lipinski definition) is 0. The summed E-state index contributed by atoms with van der Waals surface area (Å²) in [5.41, 5.74) is -1.33. The van der Waals surface area contributed by atoms with Crippen molar-refractivity contribution in [2.45, 2.75) is 32.6 Å². The molecule has 0 spiro atoms. The van der Waals surface area contributed by atoms with Gasteiger partial charge in [0.1, 0.15) is 0 Å². The summed E-state index contributed by atoms with van der Waals surface area (Å²) >= 11 is 0. The normalized spacial score (nSPS) is 16.8. The second-order valence-corrected chi connectivity index (χ2v) is 5.29. The molecule has 9 heteroatoms. The van der Waals surface area contributed by atoms with E-state index in [-0.39, 0.29) is 5.56 Å². The number of hydrogen-bond acceptors (Lipinski definition) is 4. The predicted molar refractivity (Wildman–Crippen MR) is 74.4 cm³/mol. The number of amides is 4. The largest absolute Gasteiger partial charge is 0.416 e. The monoisotopic (exact) mass is 342 g/mol. The zero-order chi connectivity index (χ0) is 18.2. The van der Waals surface area contributed by atoms with Crippen LogP contribution >= 0.6 is 0 Å². The van der Waals surface area contributed by atoms with Gasteiger partial charge in [-0.1, -0.05) is 18.2 Å². The Kier molecular flexibility index (Phi) is 4.46. The van der Waals surface area contributed by atoms with E-state index in [9.17, 15) is 32.3 Å². The first-order valence-corrected chi connectivity index (χ1v) is 6.90. The van der Waals surface area contributed by atoms with Crippen LogP contribution in [-0.2, 0) is 27.1 Å². The summed E-state index contributed by atoms with van der Waals surface area (Å²) in [5.74, 6) is -3.01. The van der Waals surface area contributed by atoms with Gasteiger partial charge in [0, 0.05) is 0 Å². The Balaban J connectivity index is 2.35. The van der Waals surface area contributed by atoms with Crippen LogP contribution in [0.4, 0.5) is 18.0 Å². The molecule has 0 radical (unpaired) electrons. The van der Waals surface area contributed by atoms with Crippen molar-refractivity contribution in [3.05, 3.63) is 35.4 Å². The molecule has 1 aliphatic rings. The number of urea groups is 1. The highest BCUT2D eigenvalue weighted by molar-refractivity contribution is 6.45. The molecule has 6 nitrogen and oxygen atoms in total. The molecule has 0 unspecified atom stereocenters. The topological polar surface area (TPSA) is 74.8 Å². The van der Waals surface area contributed by atoms with E-state index in [1.54, 1.807) is 0 Å². The van der Waals surface area contributed by atoms with E-state index in [2.05, 4.69) is 0 Å². The lowest BCUT2D eigenvalue weighted by Crippen LogP contribution is -2.43. The van der Waals surface area contributed by atoms with Crippen molar-refractivity contribution in [3.63, 3.8) is 0 Å². The molecule has 0 aliphatic carbocycles. The summed E-state index contributed by atoms with van der Waals surface area (Å²) in [7, 11) is 0. The van der Waals surface area contributed by atoms with Gasteiger partial charge in [-0.3, -0.25) is 19.3 Å². The van der Waals surface area contributed by atoms with E-state index < -0.39 is 48.0 Å². The quantitative estimate of drug-likeness (QED) is 0.619. The Hall–Kier alpha value is -2.71. The van der Waals surface area contributed by atoms with Gasteiger partial charge in [-0.25, -0.2) is 9.69 Å². The van der Waals surface area contributed by atoms with Crippen molar-refractivity contribution in [1.29, 1.82) is 0 Å². The molecule has 24 heavy (non-hydrogen) atoms. The van der Waals surface area contributed by atoms with Crippen LogP contribution in [0, 0.1) is 0 Å². The molecule has 4 amide bonds. The number of carbonyl (C=O) groups is 4. The number of ketones is 1. The van der Waals surface area contributed by atoms with Gasteiger partial charge >= 0.3 is 24.0 Å². The third kappa shape index (κ3) is 3.01. The summed E-state index contributed by atoms with van der Waals surface area (Å²) < 4.78 is 39.0. The summed E-state index contributed by atoms with van der Waals surface area (Å²) in [6.45, 7) is 1.69. The number of halogens is 3. The van der Waals surface area contributed by atoms with Crippen LogP contribution in [0.15, 0.2) is 24.3 Å². The lowest BCUT2D eigenvalue weighted by atomic mass is 10.1. The number of alkyl halides is 3. The third-order valence-corrected chi connectivity index (χ3v) is 3.71. The van der Waals surface area contributed by atoms with Gasteiger partial charge in [-0.05, 0) is 25.5 Å². The number of benzene rings is 1. The standard InChI is InChI=1S/C15H13F3N2O4/c1-8(9(2)21)20-13(23)12(22)19(14(20)24)7-10-5-3-4-6-11(10)15(16,17)18/h3-6,8H,7H2,1-2H3/t8-/m0/s1. The number of rotatable bonds is 4. The van der Waals surface area contributed by atoms with Crippen LogP contribution in [0.3, 0.4) is 0 Å². The van der Waals surface area contributed by atoms with Crippen molar-refractivity contribution in [1.82, 2.24) is 9.80 Å². The minimum Gasteiger partial charge on any atom is -0.298 e. The maximum absolute atomic E-state index is 13.0. The highest BCUT2D eigenvalue weighted by Gasteiger charge is 2.48. The molecule has 2 rings (SSSR count). The minimum absolute atomic E-state index is 0.322. The van der Waals surface area contributed by atoms with E-state index in [0.717, 1.165) is 19.1 Å². The molecule has 1 aromatic rings. The maximum atomic E-state index is 13.0. The van der Waals surface area contributed by atoms with Crippen LogP contribution in [0.25, 0.3) is 0 Å². The molecule has 1 atom stereocenters. The summed E-state index contributed by atoms with van der Waals surface area (Å²) in [4.78, 5) is 48.3. The molecule has 1 aliphatic heterocycles. The van der Waals surface area contributed by atoms with E-state index in [4.69, 9.17) is 0 Å². The fraction of sp³-hybridized carbons (Fsp3) is 0.333. The third-order valence-electron chi connectivity index (χ3n) is 3.71. The van der Waals surface area contributed by atoms with Crippen LogP contribution < -0.4 is 0 Å². The number of nitrogens with zero attached hydrogens (tertiary/aromatic N) is 2. The zero-order valence-electron chi connectivity index (χ0n) is 12.8. The summed E-state index contributed by atoms with van der Waals surface area (Å²) in [6, 6.07) is 2.16. The molecule has 0 saturated carbocycles. The maximum Gasteiger partial charge on any atom is 0.416 e. The van der Waals surface area contributed by atoms with Crippen LogP contribution in [-0.4, -0.2) is 39.5 Å². The Morgan fingerprint density at radius 2 is 1.71 bits per heavy atom. The first kappa shape index (κ1) is 17.6. The van der Waals surface area contributed by atoms with Crippen LogP contribution in [0.2, 0.25) is 0 Å². The molecule has 0 bridgehead atoms. The molecule has 1 saturated heterocycles. The zero-order valence-corrected chi connectivity index (χ0v) is 12.8. The van der Waals surface area contributed by atoms with E-state index in [1.807, 2.05) is 0 Å². The lowest BCUT2D eigenvalue weighted by Gasteiger charge is -2.20. The number of imide groups is 2. The SMILES string of the molecule is CC(=O)[C@H](C)N1C(=O)C(=O)N(Cc2ccccc2C(F)(F)F)C1=O. The average Bonchev–Trinajstić information content (AvgIpc) is 2.70. The second-order valence-electron chi connectivity index (χ2n) is 5.29. The van der Waals surface area contributed by atoms with Gasteiger partial charge in [0.05, 0.1) is 18.2 Å². The van der Waals surface area contributed by atoms with E-state index in [1.165, 1.54) is 19.1 Å². The molecule has 0 aromatic heterocycles. The van der Waals surface area contributed by atoms with Crippen molar-refractivity contribution in [2.24, 2.45) is 0 Å². The predicted octanol–water partition coefficient (Wildman–Crippen LogP) is 1.97. The molecule has 1 fully saturated rings. The lowest BCUT2D eigenvalue weighted by molar-refractivity contribution is -0.145. The van der Waals surface area contributed by atoms with Gasteiger partial charge in [-0.15, -0.1) is 0 Å². The van der Waals surface area contributed by atoms with E-state index in [0.29, 0.717) is 9.80 Å². The Morgan fingerprint density at radius 1 is 1.12 bits per heavy atom. The van der Waals surface area contributed by atoms with Gasteiger partial charge in [0.2, 0.25) is 0 Å². The second kappa shape index (κ2) is 6.06. The fourth-order valence-electron chi connectivity index (χ4n) is 2.29. The smallest absolute Gasteiger partial charge is 0.298 e. The van der Waals surface area contributed by atoms with Crippen molar-refractivity contribution < 1.29 is 32.3 Å². The average molecular weight is 342 g/mol. The first-order valence-electron chi connectivity index (χ1n) is 6.90. The fourth-order valence-corrected chi connectivity index (χ4v) is 2.29. The van der Waals surface area contributed by atoms with Crippen LogP contribution in [0.5, 0.6) is 0 Å². The van der Waals surface area contributed by atoms with Crippen molar-refractivity contribution in [3.8, 4) is 0 Å². The number of Topliss-reactive ketones (excluding diaryl/α,β-unsaturated/α-hetero) is 1. The number of carbonyl (C=O) groups excluding carboxylic acids is 4. The van der Waals surface area contributed by atoms with Gasteiger partial charge in [0.25, 0.3) is 0 Å². The minimum atomic E-state index is -4.67. The molecule has 128 valence electrons. The van der Waals surface area contributed by atoms with E-state index >= 15 is 0 Å². The summed E-state index contributed by atoms with van der Waals surface area (Å²) in [6.07, 6.45) is -4.67.